The number of ether oxygens (including phenoxy) is 2. The monoisotopic (exact) mass is 311 g/mol. The van der Waals surface area contributed by atoms with Crippen LogP contribution in [0.1, 0.15) is 17.7 Å². The van der Waals surface area contributed by atoms with Gasteiger partial charge in [0.2, 0.25) is 0 Å². The van der Waals surface area contributed by atoms with Crippen molar-refractivity contribution < 1.29 is 9.47 Å². The van der Waals surface area contributed by atoms with Gasteiger partial charge in [0, 0.05) is 18.7 Å². The third-order valence-electron chi connectivity index (χ3n) is 3.69. The van der Waals surface area contributed by atoms with Crippen molar-refractivity contribution in [3.63, 3.8) is 0 Å². The molecule has 0 radical (unpaired) electrons. The second-order valence-electron chi connectivity index (χ2n) is 5.32. The van der Waals surface area contributed by atoms with E-state index < -0.39 is 0 Å². The van der Waals surface area contributed by atoms with Crippen LogP contribution < -0.4 is 14.4 Å². The Morgan fingerprint density at radius 2 is 2.09 bits per heavy atom. The molecule has 118 valence electrons. The Kier molecular flexibility index (Phi) is 4.24. The molecule has 1 saturated heterocycles. The summed E-state index contributed by atoms with van der Waals surface area (Å²) in [6.45, 7) is 3.35. The van der Waals surface area contributed by atoms with Gasteiger partial charge in [0.25, 0.3) is 0 Å². The van der Waals surface area contributed by atoms with Crippen molar-refractivity contribution in [3.05, 3.63) is 35.8 Å². The molecule has 0 aromatic carbocycles. The molecule has 7 nitrogen and oxygen atoms in total. The third kappa shape index (κ3) is 3.31. The number of rotatable bonds is 4. The fourth-order valence-corrected chi connectivity index (χ4v) is 2.51. The summed E-state index contributed by atoms with van der Waals surface area (Å²) in [4.78, 5) is 14.8. The van der Waals surface area contributed by atoms with Gasteiger partial charge in [0.1, 0.15) is 18.0 Å². The number of hydrogen-bond donors (Lipinski definition) is 0. The van der Waals surface area contributed by atoms with Gasteiger partial charge < -0.3 is 14.4 Å². The average molecular weight is 311 g/mol. The average Bonchev–Trinajstić information content (AvgIpc) is 3.04. The van der Waals surface area contributed by atoms with E-state index in [0.29, 0.717) is 29.7 Å². The maximum atomic E-state index is 9.24. The highest BCUT2D eigenvalue weighted by atomic mass is 16.5. The van der Waals surface area contributed by atoms with Crippen LogP contribution in [0.4, 0.5) is 5.82 Å². The largest absolute Gasteiger partial charge is 0.494 e. The molecule has 3 heterocycles. The highest BCUT2D eigenvalue weighted by molar-refractivity contribution is 5.55. The first-order valence-electron chi connectivity index (χ1n) is 7.35. The second kappa shape index (κ2) is 6.48. The van der Waals surface area contributed by atoms with Crippen LogP contribution in [0.25, 0.3) is 0 Å². The van der Waals surface area contributed by atoms with E-state index in [1.807, 2.05) is 13.0 Å². The number of aromatic nitrogens is 3. The molecule has 7 heteroatoms. The highest BCUT2D eigenvalue weighted by Gasteiger charge is 2.27. The van der Waals surface area contributed by atoms with Crippen LogP contribution in [0.3, 0.4) is 0 Å². The molecule has 2 aromatic rings. The molecule has 0 aliphatic carbocycles. The SMILES string of the molecule is COc1cnc(OC2CCN(c3nc(C)ccc3C#N)C2)nc1. The van der Waals surface area contributed by atoms with Crippen LogP contribution in [0, 0.1) is 18.3 Å². The van der Waals surface area contributed by atoms with Crippen molar-refractivity contribution in [1.29, 1.82) is 5.26 Å². The van der Waals surface area contributed by atoms with E-state index in [1.54, 1.807) is 25.6 Å². The van der Waals surface area contributed by atoms with Gasteiger partial charge in [-0.15, -0.1) is 0 Å². The van der Waals surface area contributed by atoms with Crippen LogP contribution >= 0.6 is 0 Å². The van der Waals surface area contributed by atoms with Crippen molar-refractivity contribution in [2.45, 2.75) is 19.4 Å². The molecular weight excluding hydrogens is 294 g/mol. The maximum Gasteiger partial charge on any atom is 0.316 e. The van der Waals surface area contributed by atoms with Crippen molar-refractivity contribution in [2.24, 2.45) is 0 Å². The van der Waals surface area contributed by atoms with Gasteiger partial charge in [-0.1, -0.05) is 0 Å². The first-order chi connectivity index (χ1) is 11.2. The van der Waals surface area contributed by atoms with E-state index in [2.05, 4.69) is 25.9 Å². The summed E-state index contributed by atoms with van der Waals surface area (Å²) in [6, 6.07) is 6.17. The van der Waals surface area contributed by atoms with Crippen LogP contribution in [-0.2, 0) is 0 Å². The van der Waals surface area contributed by atoms with E-state index in [4.69, 9.17) is 9.47 Å². The van der Waals surface area contributed by atoms with Crippen molar-refractivity contribution >= 4 is 5.82 Å². The second-order valence-corrected chi connectivity index (χ2v) is 5.32. The zero-order valence-corrected chi connectivity index (χ0v) is 13.1. The quantitative estimate of drug-likeness (QED) is 0.850. The Morgan fingerprint density at radius 3 is 2.78 bits per heavy atom. The molecule has 1 fully saturated rings. The number of nitrogens with zero attached hydrogens (tertiary/aromatic N) is 5. The molecule has 0 N–H and O–H groups in total. The molecular formula is C16H17N5O2. The summed E-state index contributed by atoms with van der Waals surface area (Å²) in [5, 5.41) is 9.24. The van der Waals surface area contributed by atoms with Gasteiger partial charge in [0.15, 0.2) is 5.75 Å². The zero-order chi connectivity index (χ0) is 16.2. The predicted octanol–water partition coefficient (Wildman–Crippen LogP) is 1.72. The minimum atomic E-state index is -0.0303. The number of pyridine rings is 1. The van der Waals surface area contributed by atoms with E-state index in [1.165, 1.54) is 0 Å². The van der Waals surface area contributed by atoms with E-state index in [9.17, 15) is 5.26 Å². The molecule has 1 unspecified atom stereocenters. The van der Waals surface area contributed by atoms with E-state index >= 15 is 0 Å². The summed E-state index contributed by atoms with van der Waals surface area (Å²) in [5.41, 5.74) is 1.47. The van der Waals surface area contributed by atoms with Crippen LogP contribution in [0.15, 0.2) is 24.5 Å². The standard InChI is InChI=1S/C16H17N5O2/c1-11-3-4-12(7-17)15(20-11)21-6-5-13(10-21)23-16-18-8-14(22-2)9-19-16/h3-4,8-9,13H,5-6,10H2,1-2H3. The number of methoxy groups -OCH3 is 1. The van der Waals surface area contributed by atoms with Crippen LogP contribution in [0.5, 0.6) is 11.8 Å². The molecule has 0 bridgehead atoms. The van der Waals surface area contributed by atoms with Crippen molar-refractivity contribution in [1.82, 2.24) is 15.0 Å². The number of anilines is 1. The van der Waals surface area contributed by atoms with Gasteiger partial charge in [-0.2, -0.15) is 15.2 Å². The summed E-state index contributed by atoms with van der Waals surface area (Å²) < 4.78 is 10.8. The lowest BCUT2D eigenvalue weighted by molar-refractivity contribution is 0.205. The van der Waals surface area contributed by atoms with E-state index in [-0.39, 0.29) is 6.10 Å². The number of aryl methyl sites for hydroxylation is 1. The fraction of sp³-hybridized carbons (Fsp3) is 0.375. The smallest absolute Gasteiger partial charge is 0.316 e. The first kappa shape index (κ1) is 15.0. The van der Waals surface area contributed by atoms with Gasteiger partial charge in [0.05, 0.1) is 31.6 Å². The topological polar surface area (TPSA) is 84.2 Å². The molecule has 1 atom stereocenters. The predicted molar refractivity (Wildman–Crippen MR) is 83.5 cm³/mol. The first-order valence-corrected chi connectivity index (χ1v) is 7.35. The minimum Gasteiger partial charge on any atom is -0.494 e. The normalized spacial score (nSPS) is 16.9. The lowest BCUT2D eigenvalue weighted by Crippen LogP contribution is -2.26. The summed E-state index contributed by atoms with van der Waals surface area (Å²) in [5.74, 6) is 1.31. The summed E-state index contributed by atoms with van der Waals surface area (Å²) in [6.07, 6.45) is 3.95. The molecule has 23 heavy (non-hydrogen) atoms. The highest BCUT2D eigenvalue weighted by Crippen LogP contribution is 2.24. The third-order valence-corrected chi connectivity index (χ3v) is 3.69. The number of nitriles is 1. The molecule has 0 spiro atoms. The Balaban J connectivity index is 1.69. The van der Waals surface area contributed by atoms with Gasteiger partial charge in [-0.05, 0) is 19.1 Å². The van der Waals surface area contributed by atoms with Gasteiger partial charge in [-0.3, -0.25) is 0 Å². The van der Waals surface area contributed by atoms with Crippen LogP contribution in [0.2, 0.25) is 0 Å². The molecule has 0 amide bonds. The fourth-order valence-electron chi connectivity index (χ4n) is 2.51. The zero-order valence-electron chi connectivity index (χ0n) is 13.1. The van der Waals surface area contributed by atoms with Crippen molar-refractivity contribution in [3.8, 4) is 17.8 Å². The lowest BCUT2D eigenvalue weighted by Gasteiger charge is -2.19. The Hall–Kier alpha value is -2.88. The summed E-state index contributed by atoms with van der Waals surface area (Å²) >= 11 is 0. The Bertz CT molecular complexity index is 726. The Labute approximate surface area is 134 Å². The Morgan fingerprint density at radius 1 is 1.30 bits per heavy atom. The molecule has 1 aliphatic rings. The van der Waals surface area contributed by atoms with E-state index in [0.717, 1.165) is 18.7 Å². The van der Waals surface area contributed by atoms with Crippen LogP contribution in [-0.4, -0.2) is 41.3 Å². The van der Waals surface area contributed by atoms with Gasteiger partial charge >= 0.3 is 6.01 Å². The lowest BCUT2D eigenvalue weighted by atomic mass is 10.2. The summed E-state index contributed by atoms with van der Waals surface area (Å²) in [7, 11) is 1.57. The molecule has 0 saturated carbocycles. The van der Waals surface area contributed by atoms with Crippen molar-refractivity contribution in [2.75, 3.05) is 25.1 Å². The minimum absolute atomic E-state index is 0.0303. The molecule has 2 aromatic heterocycles. The molecule has 3 rings (SSSR count). The number of hydrogen-bond acceptors (Lipinski definition) is 7. The maximum absolute atomic E-state index is 9.24. The molecule has 1 aliphatic heterocycles. The van der Waals surface area contributed by atoms with Gasteiger partial charge in [-0.25, -0.2) is 4.98 Å².